The topological polar surface area (TPSA) is 77.4 Å². The summed E-state index contributed by atoms with van der Waals surface area (Å²) in [5, 5.41) is 20.2. The van der Waals surface area contributed by atoms with E-state index in [1.165, 1.54) is 0 Å². The Morgan fingerprint density at radius 1 is 0.611 bits per heavy atom. The molecule has 0 amide bonds. The lowest BCUT2D eigenvalue weighted by molar-refractivity contribution is -0.185. The Hall–Kier alpha value is -0.240. The molecule has 1 saturated carbocycles. The van der Waals surface area contributed by atoms with Gasteiger partial charge in [0.1, 0.15) is 36.6 Å². The highest BCUT2D eigenvalue weighted by molar-refractivity contribution is 5.07. The smallest absolute Gasteiger partial charge is 0.164 e. The molecule has 104 valence electrons. The van der Waals surface area contributed by atoms with Crippen LogP contribution in [0.25, 0.3) is 0 Å². The van der Waals surface area contributed by atoms with Crippen molar-refractivity contribution in [1.82, 2.24) is 0 Å². The fourth-order valence-corrected chi connectivity index (χ4v) is 3.06. The number of ether oxygens (including phenoxy) is 4. The average molecular weight is 260 g/mol. The summed E-state index contributed by atoms with van der Waals surface area (Å²) in [4.78, 5) is 0. The third kappa shape index (κ3) is 1.79. The van der Waals surface area contributed by atoms with Gasteiger partial charge in [-0.05, 0) is 27.7 Å². The molecule has 0 radical (unpaired) electrons. The molecule has 18 heavy (non-hydrogen) atoms. The van der Waals surface area contributed by atoms with Crippen molar-refractivity contribution < 1.29 is 29.2 Å². The van der Waals surface area contributed by atoms with Crippen molar-refractivity contribution in [1.29, 1.82) is 0 Å². The van der Waals surface area contributed by atoms with Crippen molar-refractivity contribution >= 4 is 0 Å². The van der Waals surface area contributed by atoms with E-state index in [0.29, 0.717) is 0 Å². The van der Waals surface area contributed by atoms with Gasteiger partial charge in [-0.1, -0.05) is 0 Å². The molecule has 6 nitrogen and oxygen atoms in total. The van der Waals surface area contributed by atoms with Gasteiger partial charge in [0.05, 0.1) is 0 Å². The maximum absolute atomic E-state index is 10.1. The summed E-state index contributed by atoms with van der Waals surface area (Å²) >= 11 is 0. The molecule has 2 heterocycles. The van der Waals surface area contributed by atoms with Crippen molar-refractivity contribution in [3.63, 3.8) is 0 Å². The van der Waals surface area contributed by atoms with Gasteiger partial charge in [0.15, 0.2) is 11.6 Å². The van der Waals surface area contributed by atoms with Gasteiger partial charge in [0.2, 0.25) is 0 Å². The molecule has 0 bridgehead atoms. The van der Waals surface area contributed by atoms with Crippen LogP contribution in [0.15, 0.2) is 0 Å². The third-order valence-electron chi connectivity index (χ3n) is 3.67. The van der Waals surface area contributed by atoms with Crippen LogP contribution in [0.4, 0.5) is 0 Å². The molecule has 0 unspecified atom stereocenters. The van der Waals surface area contributed by atoms with E-state index in [4.69, 9.17) is 18.9 Å². The minimum Gasteiger partial charge on any atom is -0.387 e. The molecular formula is C12H20O6. The molecule has 1 aliphatic carbocycles. The quantitative estimate of drug-likeness (QED) is 0.626. The van der Waals surface area contributed by atoms with Gasteiger partial charge in [0, 0.05) is 0 Å². The number of aliphatic hydroxyl groups is 2. The maximum atomic E-state index is 10.1. The van der Waals surface area contributed by atoms with Crippen molar-refractivity contribution in [3.05, 3.63) is 0 Å². The Morgan fingerprint density at radius 3 is 1.22 bits per heavy atom. The number of hydrogen-bond acceptors (Lipinski definition) is 6. The zero-order valence-electron chi connectivity index (χ0n) is 11.0. The van der Waals surface area contributed by atoms with Crippen molar-refractivity contribution in [2.75, 3.05) is 0 Å². The van der Waals surface area contributed by atoms with Crippen LogP contribution < -0.4 is 0 Å². The zero-order valence-corrected chi connectivity index (χ0v) is 11.0. The zero-order chi connectivity index (χ0) is 13.3. The summed E-state index contributed by atoms with van der Waals surface area (Å²) in [7, 11) is 0. The second-order valence-corrected chi connectivity index (χ2v) is 6.11. The van der Waals surface area contributed by atoms with Crippen LogP contribution in [0.1, 0.15) is 27.7 Å². The van der Waals surface area contributed by atoms with Gasteiger partial charge in [0.25, 0.3) is 0 Å². The van der Waals surface area contributed by atoms with Crippen molar-refractivity contribution in [2.24, 2.45) is 0 Å². The SMILES string of the molecule is CC1(C)O[C@H]2[C@@H]3OC(C)(C)O[C@H]3[C@H](O)[C@@H](O)[C@H]2O1. The molecule has 0 spiro atoms. The summed E-state index contributed by atoms with van der Waals surface area (Å²) in [6.07, 6.45) is -4.09. The highest BCUT2D eigenvalue weighted by Gasteiger charge is 2.62. The lowest BCUT2D eigenvalue weighted by atomic mass is 9.85. The molecule has 2 aliphatic heterocycles. The number of rotatable bonds is 0. The molecule has 6 heteroatoms. The molecule has 2 saturated heterocycles. The monoisotopic (exact) mass is 260 g/mol. The second-order valence-electron chi connectivity index (χ2n) is 6.11. The Morgan fingerprint density at radius 2 is 0.889 bits per heavy atom. The number of hydrogen-bond donors (Lipinski definition) is 2. The molecule has 6 atom stereocenters. The first-order chi connectivity index (χ1) is 8.20. The Balaban J connectivity index is 1.91. The fraction of sp³-hybridized carbons (Fsp3) is 1.00. The summed E-state index contributed by atoms with van der Waals surface area (Å²) in [5.74, 6) is -1.58. The number of fused-ring (bicyclic) bond motifs is 3. The Labute approximate surface area is 106 Å². The lowest BCUT2D eigenvalue weighted by Crippen LogP contribution is -2.61. The van der Waals surface area contributed by atoms with E-state index in [1.807, 2.05) is 0 Å². The maximum Gasteiger partial charge on any atom is 0.164 e. The molecule has 0 aromatic rings. The highest BCUT2D eigenvalue weighted by Crippen LogP contribution is 2.44. The van der Waals surface area contributed by atoms with E-state index in [9.17, 15) is 10.2 Å². The second kappa shape index (κ2) is 3.65. The largest absolute Gasteiger partial charge is 0.387 e. The normalized spacial score (nSPS) is 53.0. The molecule has 3 rings (SSSR count). The Bertz CT molecular complexity index is 320. The molecule has 0 aromatic carbocycles. The van der Waals surface area contributed by atoms with E-state index >= 15 is 0 Å². The minimum atomic E-state index is -1.03. The predicted octanol–water partition coefficient (Wildman–Crippen LogP) is -0.238. The van der Waals surface area contributed by atoms with Gasteiger partial charge >= 0.3 is 0 Å². The van der Waals surface area contributed by atoms with Crippen LogP contribution in [0.2, 0.25) is 0 Å². The predicted molar refractivity (Wildman–Crippen MR) is 59.7 cm³/mol. The fourth-order valence-electron chi connectivity index (χ4n) is 3.06. The molecule has 3 fully saturated rings. The van der Waals surface area contributed by atoms with Crippen LogP contribution in [0, 0.1) is 0 Å². The van der Waals surface area contributed by atoms with E-state index < -0.39 is 48.2 Å². The van der Waals surface area contributed by atoms with E-state index in [2.05, 4.69) is 0 Å². The van der Waals surface area contributed by atoms with Crippen LogP contribution in [-0.4, -0.2) is 58.4 Å². The average Bonchev–Trinajstić information content (AvgIpc) is 2.71. The molecule has 3 aliphatic rings. The van der Waals surface area contributed by atoms with Crippen molar-refractivity contribution in [3.8, 4) is 0 Å². The van der Waals surface area contributed by atoms with Gasteiger partial charge < -0.3 is 29.2 Å². The van der Waals surface area contributed by atoms with E-state index in [-0.39, 0.29) is 0 Å². The minimum absolute atomic E-state index is 0.426. The first kappa shape index (κ1) is 12.8. The van der Waals surface area contributed by atoms with Crippen LogP contribution in [0.3, 0.4) is 0 Å². The summed E-state index contributed by atoms with van der Waals surface area (Å²) in [6.45, 7) is 7.11. The van der Waals surface area contributed by atoms with Crippen LogP contribution in [-0.2, 0) is 18.9 Å². The van der Waals surface area contributed by atoms with E-state index in [0.717, 1.165) is 0 Å². The summed E-state index contributed by atoms with van der Waals surface area (Å²) in [5.41, 5.74) is 0. The molecule has 0 aromatic heterocycles. The standard InChI is InChI=1S/C12H20O6/c1-11(2)15-7-5(13)6(14)8-10(9(7)17-11)18-12(3,4)16-8/h5-10,13-14H,1-4H3/t5-,6-,7-,8+,9-,10-/m1/s1. The van der Waals surface area contributed by atoms with Gasteiger partial charge in [-0.3, -0.25) is 0 Å². The summed E-state index contributed by atoms with van der Waals surface area (Å²) < 4.78 is 22.8. The van der Waals surface area contributed by atoms with Crippen LogP contribution >= 0.6 is 0 Å². The van der Waals surface area contributed by atoms with Gasteiger partial charge in [-0.25, -0.2) is 0 Å². The van der Waals surface area contributed by atoms with E-state index in [1.54, 1.807) is 27.7 Å². The first-order valence-corrected chi connectivity index (χ1v) is 6.28. The molecule has 2 N–H and O–H groups in total. The van der Waals surface area contributed by atoms with Crippen molar-refractivity contribution in [2.45, 2.75) is 75.9 Å². The summed E-state index contributed by atoms with van der Waals surface area (Å²) in [6, 6.07) is 0. The van der Waals surface area contributed by atoms with Crippen LogP contribution in [0.5, 0.6) is 0 Å². The Kier molecular flexibility index (Phi) is 2.59. The first-order valence-electron chi connectivity index (χ1n) is 6.28. The number of aliphatic hydroxyl groups excluding tert-OH is 2. The van der Waals surface area contributed by atoms with Gasteiger partial charge in [-0.2, -0.15) is 0 Å². The lowest BCUT2D eigenvalue weighted by Gasteiger charge is -2.38. The molecular weight excluding hydrogens is 240 g/mol. The third-order valence-corrected chi connectivity index (χ3v) is 3.67. The van der Waals surface area contributed by atoms with Gasteiger partial charge in [-0.15, -0.1) is 0 Å². The highest BCUT2D eigenvalue weighted by atomic mass is 16.8.